The van der Waals surface area contributed by atoms with E-state index in [1.807, 2.05) is 0 Å². The lowest BCUT2D eigenvalue weighted by Gasteiger charge is -2.07. The zero-order valence-corrected chi connectivity index (χ0v) is 12.8. The number of benzene rings is 2. The Morgan fingerprint density at radius 3 is 2.41 bits per heavy atom. The summed E-state index contributed by atoms with van der Waals surface area (Å²) >= 11 is 5.93. The summed E-state index contributed by atoms with van der Waals surface area (Å²) in [6, 6.07) is 12.6. The number of carbonyl (C=O) groups excluding carboxylic acids is 1. The lowest BCUT2D eigenvalue weighted by Crippen LogP contribution is -2.13. The number of carbonyl (C=O) groups is 1. The highest BCUT2D eigenvalue weighted by molar-refractivity contribution is 7.90. The van der Waals surface area contributed by atoms with E-state index in [1.165, 1.54) is 24.4 Å². The second kappa shape index (κ2) is 5.15. The average molecular weight is 335 g/mol. The predicted molar refractivity (Wildman–Crippen MR) is 84.5 cm³/mol. The van der Waals surface area contributed by atoms with Gasteiger partial charge in [0, 0.05) is 16.6 Å². The molecule has 2 aromatic carbocycles. The molecule has 0 radical (unpaired) electrons. The molecule has 3 aromatic rings. The Hall–Kier alpha value is -2.31. The van der Waals surface area contributed by atoms with Gasteiger partial charge in [-0.2, -0.15) is 0 Å². The van der Waals surface area contributed by atoms with Crippen LogP contribution in [0.3, 0.4) is 0 Å². The first-order valence-corrected chi connectivity index (χ1v) is 8.14. The van der Waals surface area contributed by atoms with Gasteiger partial charge in [0.1, 0.15) is 0 Å². The Balaban J connectivity index is 2.35. The SMILES string of the molecule is NC(=O)c1cn(S(=O)(=O)c2ccccc2)c2ccc(Cl)cc12. The Kier molecular flexibility index (Phi) is 3.42. The van der Waals surface area contributed by atoms with Crippen molar-refractivity contribution < 1.29 is 13.2 Å². The van der Waals surface area contributed by atoms with Crippen molar-refractivity contribution in [2.45, 2.75) is 4.90 Å². The third-order valence-electron chi connectivity index (χ3n) is 3.30. The molecule has 0 aliphatic rings. The fraction of sp³-hybridized carbons (Fsp3) is 0. The maximum atomic E-state index is 12.7. The van der Waals surface area contributed by atoms with Gasteiger partial charge in [-0.1, -0.05) is 29.8 Å². The van der Waals surface area contributed by atoms with E-state index in [1.54, 1.807) is 30.3 Å². The third-order valence-corrected chi connectivity index (χ3v) is 5.22. The van der Waals surface area contributed by atoms with Crippen LogP contribution in [0.25, 0.3) is 10.9 Å². The Morgan fingerprint density at radius 2 is 1.77 bits per heavy atom. The zero-order chi connectivity index (χ0) is 15.9. The molecule has 0 saturated carbocycles. The van der Waals surface area contributed by atoms with Crippen LogP contribution >= 0.6 is 11.6 Å². The number of primary amides is 1. The summed E-state index contributed by atoms with van der Waals surface area (Å²) < 4.78 is 26.5. The minimum Gasteiger partial charge on any atom is -0.366 e. The molecule has 0 atom stereocenters. The monoisotopic (exact) mass is 334 g/mol. The smallest absolute Gasteiger partial charge is 0.268 e. The van der Waals surface area contributed by atoms with Crippen LogP contribution in [0, 0.1) is 0 Å². The van der Waals surface area contributed by atoms with Gasteiger partial charge in [-0.3, -0.25) is 4.79 Å². The largest absolute Gasteiger partial charge is 0.366 e. The average Bonchev–Trinajstić information content (AvgIpc) is 2.87. The molecule has 7 heteroatoms. The van der Waals surface area contributed by atoms with Crippen molar-refractivity contribution in [3.05, 3.63) is 65.3 Å². The standard InChI is InChI=1S/C15H11ClN2O3S/c16-10-6-7-14-12(8-10)13(15(17)19)9-18(14)22(20,21)11-4-2-1-3-5-11/h1-9H,(H2,17,19). The molecule has 112 valence electrons. The molecule has 0 fully saturated rings. The molecule has 0 saturated heterocycles. The number of amides is 1. The van der Waals surface area contributed by atoms with Gasteiger partial charge < -0.3 is 5.73 Å². The summed E-state index contributed by atoms with van der Waals surface area (Å²) in [5.74, 6) is -0.714. The van der Waals surface area contributed by atoms with E-state index < -0.39 is 15.9 Å². The Morgan fingerprint density at radius 1 is 1.09 bits per heavy atom. The van der Waals surface area contributed by atoms with Crippen LogP contribution in [-0.4, -0.2) is 18.3 Å². The highest BCUT2D eigenvalue weighted by Crippen LogP contribution is 2.28. The third kappa shape index (κ3) is 2.26. The van der Waals surface area contributed by atoms with Crippen molar-refractivity contribution in [2.24, 2.45) is 5.73 Å². The highest BCUT2D eigenvalue weighted by atomic mass is 35.5. The van der Waals surface area contributed by atoms with Crippen molar-refractivity contribution in [1.82, 2.24) is 3.97 Å². The van der Waals surface area contributed by atoms with Gasteiger partial charge in [0.25, 0.3) is 15.9 Å². The molecule has 0 aliphatic heterocycles. The molecule has 0 unspecified atom stereocenters. The van der Waals surface area contributed by atoms with Crippen LogP contribution in [0.15, 0.2) is 59.6 Å². The lowest BCUT2D eigenvalue weighted by atomic mass is 10.2. The van der Waals surface area contributed by atoms with Crippen LogP contribution < -0.4 is 5.73 Å². The molecule has 0 aliphatic carbocycles. The second-order valence-corrected chi connectivity index (χ2v) is 6.93. The molecule has 3 rings (SSSR count). The number of hydrogen-bond acceptors (Lipinski definition) is 3. The van der Waals surface area contributed by atoms with Gasteiger partial charge in [0.05, 0.1) is 16.0 Å². The van der Waals surface area contributed by atoms with Crippen molar-refractivity contribution >= 4 is 38.4 Å². The van der Waals surface area contributed by atoms with E-state index in [9.17, 15) is 13.2 Å². The van der Waals surface area contributed by atoms with Crippen molar-refractivity contribution in [3.8, 4) is 0 Å². The molecule has 1 amide bonds. The van der Waals surface area contributed by atoms with Crippen LogP contribution in [0.1, 0.15) is 10.4 Å². The number of nitrogens with two attached hydrogens (primary N) is 1. The highest BCUT2D eigenvalue weighted by Gasteiger charge is 2.22. The van der Waals surface area contributed by atoms with Gasteiger partial charge in [-0.25, -0.2) is 12.4 Å². The summed E-state index contributed by atoms with van der Waals surface area (Å²) in [5, 5.41) is 0.796. The number of fused-ring (bicyclic) bond motifs is 1. The van der Waals surface area contributed by atoms with Crippen LogP contribution in [0.4, 0.5) is 0 Å². The maximum Gasteiger partial charge on any atom is 0.268 e. The van der Waals surface area contributed by atoms with Crippen molar-refractivity contribution in [1.29, 1.82) is 0 Å². The van der Waals surface area contributed by atoms with Gasteiger partial charge in [0.15, 0.2) is 0 Å². The summed E-state index contributed by atoms with van der Waals surface area (Å²) in [4.78, 5) is 11.7. The van der Waals surface area contributed by atoms with Crippen LogP contribution in [0.5, 0.6) is 0 Å². The number of rotatable bonds is 3. The number of nitrogens with zero attached hydrogens (tertiary/aromatic N) is 1. The molecule has 1 heterocycles. The summed E-state index contributed by atoms with van der Waals surface area (Å²) in [6.07, 6.45) is 1.23. The summed E-state index contributed by atoms with van der Waals surface area (Å²) in [7, 11) is -3.83. The van der Waals surface area contributed by atoms with E-state index >= 15 is 0 Å². The zero-order valence-electron chi connectivity index (χ0n) is 11.2. The molecular weight excluding hydrogens is 324 g/mol. The number of hydrogen-bond donors (Lipinski definition) is 1. The predicted octanol–water partition coefficient (Wildman–Crippen LogP) is 2.63. The lowest BCUT2D eigenvalue weighted by molar-refractivity contribution is 0.100. The molecular formula is C15H11ClN2O3S. The second-order valence-electron chi connectivity index (χ2n) is 4.68. The molecule has 0 spiro atoms. The van der Waals surface area contributed by atoms with E-state index in [0.717, 1.165) is 3.97 Å². The summed E-state index contributed by atoms with van der Waals surface area (Å²) in [5.41, 5.74) is 5.79. The minimum absolute atomic E-state index is 0.108. The van der Waals surface area contributed by atoms with Gasteiger partial charge in [-0.05, 0) is 30.3 Å². The maximum absolute atomic E-state index is 12.7. The molecule has 2 N–H and O–H groups in total. The van der Waals surface area contributed by atoms with Crippen LogP contribution in [-0.2, 0) is 10.0 Å². The van der Waals surface area contributed by atoms with E-state index in [4.69, 9.17) is 17.3 Å². The first-order chi connectivity index (χ1) is 10.4. The quantitative estimate of drug-likeness (QED) is 0.799. The van der Waals surface area contributed by atoms with E-state index in [0.29, 0.717) is 15.9 Å². The minimum atomic E-state index is -3.83. The van der Waals surface area contributed by atoms with Gasteiger partial charge in [-0.15, -0.1) is 0 Å². The molecule has 0 bridgehead atoms. The molecule has 1 aromatic heterocycles. The first-order valence-electron chi connectivity index (χ1n) is 6.32. The number of aromatic nitrogens is 1. The van der Waals surface area contributed by atoms with Gasteiger partial charge in [0.2, 0.25) is 0 Å². The Labute approximate surface area is 132 Å². The number of halogens is 1. The van der Waals surface area contributed by atoms with E-state index in [2.05, 4.69) is 0 Å². The normalized spacial score (nSPS) is 11.7. The summed E-state index contributed by atoms with van der Waals surface area (Å²) in [6.45, 7) is 0. The van der Waals surface area contributed by atoms with Crippen molar-refractivity contribution in [3.63, 3.8) is 0 Å². The molecule has 5 nitrogen and oxygen atoms in total. The van der Waals surface area contributed by atoms with Crippen LogP contribution in [0.2, 0.25) is 5.02 Å². The molecule has 22 heavy (non-hydrogen) atoms. The van der Waals surface area contributed by atoms with E-state index in [-0.39, 0.29) is 10.5 Å². The topological polar surface area (TPSA) is 82.2 Å². The first kappa shape index (κ1) is 14.6. The fourth-order valence-corrected chi connectivity index (χ4v) is 3.84. The van der Waals surface area contributed by atoms with Gasteiger partial charge >= 0.3 is 0 Å². The fourth-order valence-electron chi connectivity index (χ4n) is 2.27. The Bertz CT molecular complexity index is 979. The van der Waals surface area contributed by atoms with Crippen molar-refractivity contribution in [2.75, 3.05) is 0 Å².